The summed E-state index contributed by atoms with van der Waals surface area (Å²) in [5, 5.41) is 5.70. The number of urea groups is 1. The third-order valence-electron chi connectivity index (χ3n) is 4.36. The number of aromatic amines is 1. The molecule has 0 aliphatic heterocycles. The Balaban J connectivity index is 1.45. The summed E-state index contributed by atoms with van der Waals surface area (Å²) >= 11 is 0. The van der Waals surface area contributed by atoms with Crippen molar-refractivity contribution in [3.05, 3.63) is 65.4 Å². The summed E-state index contributed by atoms with van der Waals surface area (Å²) in [5.74, 6) is -0.869. The Hall–Kier alpha value is -3.49. The largest absolute Gasteiger partial charge is 0.484 e. The van der Waals surface area contributed by atoms with Crippen LogP contribution in [0, 0.1) is 6.92 Å². The van der Waals surface area contributed by atoms with Crippen molar-refractivity contribution in [3.8, 4) is 5.75 Å². The van der Waals surface area contributed by atoms with Crippen molar-refractivity contribution in [1.29, 1.82) is 0 Å². The Kier molecular flexibility index (Phi) is 6.29. The Labute approximate surface area is 170 Å². The number of ether oxygens (including phenoxy) is 1. The molecule has 0 saturated carbocycles. The summed E-state index contributed by atoms with van der Waals surface area (Å²) < 4.78 is 43.6. The van der Waals surface area contributed by atoms with Gasteiger partial charge in [-0.1, -0.05) is 18.2 Å². The molecule has 1 aromatic heterocycles. The van der Waals surface area contributed by atoms with E-state index in [2.05, 4.69) is 15.6 Å². The zero-order valence-electron chi connectivity index (χ0n) is 16.1. The molecule has 3 amide bonds. The molecule has 1 heterocycles. The fourth-order valence-electron chi connectivity index (χ4n) is 3.00. The van der Waals surface area contributed by atoms with Crippen LogP contribution in [0.1, 0.15) is 16.7 Å². The summed E-state index contributed by atoms with van der Waals surface area (Å²) in [6.45, 7) is 1.20. The molecule has 3 rings (SSSR count). The monoisotopic (exact) mass is 419 g/mol. The van der Waals surface area contributed by atoms with Gasteiger partial charge in [-0.25, -0.2) is 4.79 Å². The number of H-pyrrole nitrogens is 1. The van der Waals surface area contributed by atoms with Crippen molar-refractivity contribution in [2.45, 2.75) is 19.5 Å². The van der Waals surface area contributed by atoms with Gasteiger partial charge in [0, 0.05) is 23.6 Å². The topological polar surface area (TPSA) is 83.2 Å². The predicted octanol–water partition coefficient (Wildman–Crippen LogP) is 3.94. The molecule has 3 aromatic rings. The highest BCUT2D eigenvalue weighted by Crippen LogP contribution is 2.32. The molecular formula is C21H20F3N3O3. The second kappa shape index (κ2) is 8.89. The number of halogens is 3. The Morgan fingerprint density at radius 2 is 1.90 bits per heavy atom. The number of imide groups is 1. The molecule has 3 N–H and O–H groups in total. The molecular weight excluding hydrogens is 399 g/mol. The number of aryl methyl sites for hydroxylation is 1. The van der Waals surface area contributed by atoms with Crippen LogP contribution in [-0.4, -0.2) is 30.1 Å². The molecule has 0 unspecified atom stereocenters. The van der Waals surface area contributed by atoms with Crippen molar-refractivity contribution < 1.29 is 27.5 Å². The molecule has 2 aromatic carbocycles. The molecule has 6 nitrogen and oxygen atoms in total. The van der Waals surface area contributed by atoms with Gasteiger partial charge < -0.3 is 15.0 Å². The number of amides is 3. The second-order valence-corrected chi connectivity index (χ2v) is 6.73. The molecule has 0 bridgehead atoms. The number of benzene rings is 2. The smallest absolute Gasteiger partial charge is 0.416 e. The maximum absolute atomic E-state index is 12.8. The van der Waals surface area contributed by atoms with Crippen molar-refractivity contribution in [2.75, 3.05) is 13.2 Å². The minimum Gasteiger partial charge on any atom is -0.484 e. The van der Waals surface area contributed by atoms with E-state index in [0.29, 0.717) is 18.5 Å². The van der Waals surface area contributed by atoms with Gasteiger partial charge in [0.05, 0.1) is 5.56 Å². The first-order valence-corrected chi connectivity index (χ1v) is 9.17. The van der Waals surface area contributed by atoms with E-state index in [1.54, 1.807) is 0 Å². The van der Waals surface area contributed by atoms with E-state index in [0.717, 1.165) is 28.6 Å². The third-order valence-corrected chi connectivity index (χ3v) is 4.36. The van der Waals surface area contributed by atoms with Gasteiger partial charge in [-0.3, -0.25) is 10.1 Å². The number of fused-ring (bicyclic) bond motifs is 1. The number of rotatable bonds is 6. The normalized spacial score (nSPS) is 11.3. The number of hydrogen-bond donors (Lipinski definition) is 3. The summed E-state index contributed by atoms with van der Waals surface area (Å²) in [4.78, 5) is 26.8. The van der Waals surface area contributed by atoms with Gasteiger partial charge in [0.1, 0.15) is 5.75 Å². The molecule has 0 saturated heterocycles. The summed E-state index contributed by atoms with van der Waals surface area (Å²) in [6.07, 6.45) is -2.09. The van der Waals surface area contributed by atoms with Crippen molar-refractivity contribution in [3.63, 3.8) is 0 Å². The van der Waals surface area contributed by atoms with Crippen LogP contribution in [-0.2, 0) is 17.4 Å². The average molecular weight is 419 g/mol. The van der Waals surface area contributed by atoms with E-state index in [4.69, 9.17) is 4.74 Å². The van der Waals surface area contributed by atoms with Gasteiger partial charge in [0.25, 0.3) is 5.91 Å². The Morgan fingerprint density at radius 3 is 2.67 bits per heavy atom. The van der Waals surface area contributed by atoms with Crippen molar-refractivity contribution in [1.82, 2.24) is 15.6 Å². The van der Waals surface area contributed by atoms with Gasteiger partial charge in [-0.2, -0.15) is 13.2 Å². The molecule has 0 atom stereocenters. The third kappa shape index (κ3) is 5.53. The first kappa shape index (κ1) is 21.2. The molecule has 0 fully saturated rings. The number of nitrogens with one attached hydrogen (secondary N) is 3. The minimum absolute atomic E-state index is 0.0998. The molecule has 30 heavy (non-hydrogen) atoms. The number of carbonyl (C=O) groups excluding carboxylic acids is 2. The average Bonchev–Trinajstić information content (AvgIpc) is 3.08. The van der Waals surface area contributed by atoms with Crippen LogP contribution in [0.2, 0.25) is 0 Å². The minimum atomic E-state index is -4.52. The number of carbonyl (C=O) groups is 2. The fourth-order valence-corrected chi connectivity index (χ4v) is 3.00. The molecule has 0 radical (unpaired) electrons. The van der Waals surface area contributed by atoms with Gasteiger partial charge in [0.2, 0.25) is 0 Å². The van der Waals surface area contributed by atoms with E-state index in [1.165, 1.54) is 13.0 Å². The number of alkyl halides is 3. The standard InChI is InChI=1S/C21H20F3N3O3/c1-13-8-15(21(22,23)24)10-16(9-13)30-12-19(28)27-20(29)25-7-6-14-11-26-18-5-3-2-4-17(14)18/h2-5,8-11,26H,6-7,12H2,1H3,(H2,25,27,28,29). The molecule has 9 heteroatoms. The van der Waals surface area contributed by atoms with Crippen LogP contribution in [0.15, 0.2) is 48.7 Å². The zero-order chi connectivity index (χ0) is 21.7. The Morgan fingerprint density at radius 1 is 1.13 bits per heavy atom. The number of aromatic nitrogens is 1. The van der Waals surface area contributed by atoms with Gasteiger partial charge in [0.15, 0.2) is 6.61 Å². The first-order chi connectivity index (χ1) is 14.2. The maximum atomic E-state index is 12.8. The van der Waals surface area contributed by atoms with Crippen LogP contribution in [0.25, 0.3) is 10.9 Å². The van der Waals surface area contributed by atoms with Crippen molar-refractivity contribution in [2.24, 2.45) is 0 Å². The van der Waals surface area contributed by atoms with Crippen LogP contribution in [0.3, 0.4) is 0 Å². The maximum Gasteiger partial charge on any atom is 0.416 e. The molecule has 0 aliphatic carbocycles. The number of hydrogen-bond acceptors (Lipinski definition) is 3. The summed E-state index contributed by atoms with van der Waals surface area (Å²) in [7, 11) is 0. The highest BCUT2D eigenvalue weighted by atomic mass is 19.4. The lowest BCUT2D eigenvalue weighted by Gasteiger charge is -2.12. The highest BCUT2D eigenvalue weighted by Gasteiger charge is 2.31. The lowest BCUT2D eigenvalue weighted by atomic mass is 10.1. The second-order valence-electron chi connectivity index (χ2n) is 6.73. The van der Waals surface area contributed by atoms with Crippen LogP contribution in [0.5, 0.6) is 5.75 Å². The van der Waals surface area contributed by atoms with E-state index < -0.39 is 30.3 Å². The van der Waals surface area contributed by atoms with Crippen LogP contribution >= 0.6 is 0 Å². The zero-order valence-corrected chi connectivity index (χ0v) is 16.1. The Bertz CT molecular complexity index is 1060. The lowest BCUT2D eigenvalue weighted by molar-refractivity contribution is -0.137. The summed E-state index contributed by atoms with van der Waals surface area (Å²) in [6, 6.07) is 10.2. The van der Waals surface area contributed by atoms with Gasteiger partial charge in [-0.15, -0.1) is 0 Å². The quantitative estimate of drug-likeness (QED) is 0.566. The highest BCUT2D eigenvalue weighted by molar-refractivity contribution is 5.95. The fraction of sp³-hybridized carbons (Fsp3) is 0.238. The van der Waals surface area contributed by atoms with Crippen molar-refractivity contribution >= 4 is 22.8 Å². The van der Waals surface area contributed by atoms with Gasteiger partial charge >= 0.3 is 12.2 Å². The molecule has 158 valence electrons. The van der Waals surface area contributed by atoms with Gasteiger partial charge in [-0.05, 0) is 48.7 Å². The molecule has 0 aliphatic rings. The summed E-state index contributed by atoms with van der Waals surface area (Å²) in [5.41, 5.74) is 1.50. The van der Waals surface area contributed by atoms with Crippen LogP contribution < -0.4 is 15.4 Å². The van der Waals surface area contributed by atoms with E-state index in [9.17, 15) is 22.8 Å². The molecule has 0 spiro atoms. The SMILES string of the molecule is Cc1cc(OCC(=O)NC(=O)NCCc2c[nH]c3ccccc23)cc(C(F)(F)F)c1. The van der Waals surface area contributed by atoms with Crippen LogP contribution in [0.4, 0.5) is 18.0 Å². The van der Waals surface area contributed by atoms with E-state index in [-0.39, 0.29) is 5.75 Å². The van der Waals surface area contributed by atoms with E-state index >= 15 is 0 Å². The van der Waals surface area contributed by atoms with E-state index in [1.807, 2.05) is 30.5 Å². The lowest BCUT2D eigenvalue weighted by Crippen LogP contribution is -2.42. The first-order valence-electron chi connectivity index (χ1n) is 9.17. The predicted molar refractivity (Wildman–Crippen MR) is 105 cm³/mol. The number of para-hydroxylation sites is 1.